The van der Waals surface area contributed by atoms with Gasteiger partial charge in [0, 0.05) is 23.6 Å². The zero-order valence-electron chi connectivity index (χ0n) is 13.5. The molecule has 25 heavy (non-hydrogen) atoms. The molecular weight excluding hydrogens is 405 g/mol. The Balaban J connectivity index is 1.86. The molecule has 0 aliphatic heterocycles. The van der Waals surface area contributed by atoms with Crippen molar-refractivity contribution in [3.8, 4) is 0 Å². The van der Waals surface area contributed by atoms with Crippen LogP contribution in [0.5, 0.6) is 0 Å². The van der Waals surface area contributed by atoms with Gasteiger partial charge in [0.2, 0.25) is 0 Å². The van der Waals surface area contributed by atoms with E-state index in [1.807, 2.05) is 0 Å². The summed E-state index contributed by atoms with van der Waals surface area (Å²) in [6.45, 7) is 2.34. The van der Waals surface area contributed by atoms with E-state index in [4.69, 9.17) is 0 Å². The van der Waals surface area contributed by atoms with Crippen molar-refractivity contribution in [2.24, 2.45) is 5.92 Å². The molecule has 3 nitrogen and oxygen atoms in total. The van der Waals surface area contributed by atoms with Crippen LogP contribution in [-0.2, 0) is 6.54 Å². The first kappa shape index (κ1) is 16.7. The highest BCUT2D eigenvalue weighted by Gasteiger charge is 2.26. The van der Waals surface area contributed by atoms with Gasteiger partial charge in [0.25, 0.3) is 5.56 Å². The maximum absolute atomic E-state index is 13.5. The lowest BCUT2D eigenvalue weighted by Gasteiger charge is -2.07. The van der Waals surface area contributed by atoms with Crippen LogP contribution in [0.25, 0.3) is 10.2 Å². The predicted octanol–water partition coefficient (Wildman–Crippen LogP) is 4.91. The van der Waals surface area contributed by atoms with Crippen LogP contribution in [0.4, 0.5) is 4.39 Å². The van der Waals surface area contributed by atoms with Crippen molar-refractivity contribution in [2.75, 3.05) is 0 Å². The van der Waals surface area contributed by atoms with Gasteiger partial charge in [-0.3, -0.25) is 14.2 Å². The molecule has 0 unspecified atom stereocenters. The van der Waals surface area contributed by atoms with Crippen LogP contribution in [0.1, 0.15) is 34.3 Å². The minimum atomic E-state index is -0.330. The average molecular weight is 420 g/mol. The van der Waals surface area contributed by atoms with Crippen molar-refractivity contribution in [1.82, 2.24) is 4.57 Å². The summed E-state index contributed by atoms with van der Waals surface area (Å²) in [6.07, 6.45) is 2.30. The van der Waals surface area contributed by atoms with Gasteiger partial charge in [-0.2, -0.15) is 0 Å². The molecular formula is C19H15BrFNO2S. The van der Waals surface area contributed by atoms with Crippen molar-refractivity contribution in [2.45, 2.75) is 26.3 Å². The van der Waals surface area contributed by atoms with E-state index < -0.39 is 0 Å². The van der Waals surface area contributed by atoms with Crippen LogP contribution in [0.3, 0.4) is 0 Å². The number of aromatic nitrogens is 1. The maximum Gasteiger partial charge on any atom is 0.251 e. The fourth-order valence-electron chi connectivity index (χ4n) is 2.98. The molecule has 1 saturated carbocycles. The Morgan fingerprint density at radius 3 is 2.76 bits per heavy atom. The third kappa shape index (κ3) is 2.98. The zero-order valence-corrected chi connectivity index (χ0v) is 15.9. The number of thiophene rings is 1. The number of benzene rings is 1. The number of carbonyl (C=O) groups is 1. The zero-order chi connectivity index (χ0) is 17.7. The van der Waals surface area contributed by atoms with Crippen LogP contribution < -0.4 is 5.56 Å². The average Bonchev–Trinajstić information content (AvgIpc) is 3.33. The van der Waals surface area contributed by atoms with E-state index in [0.717, 1.165) is 23.1 Å². The summed E-state index contributed by atoms with van der Waals surface area (Å²) < 4.78 is 16.0. The van der Waals surface area contributed by atoms with Gasteiger partial charge in [0.15, 0.2) is 5.78 Å². The summed E-state index contributed by atoms with van der Waals surface area (Å²) in [7, 11) is 0. The minimum absolute atomic E-state index is 0.0372. The molecule has 1 fully saturated rings. The molecule has 0 N–H and O–H groups in total. The van der Waals surface area contributed by atoms with Gasteiger partial charge in [-0.15, -0.1) is 11.3 Å². The first-order valence-corrected chi connectivity index (χ1v) is 9.69. The molecule has 0 amide bonds. The second kappa shape index (κ2) is 6.18. The van der Waals surface area contributed by atoms with Crippen molar-refractivity contribution >= 4 is 43.3 Å². The fraction of sp³-hybridized carbons (Fsp3) is 0.263. The lowest BCUT2D eigenvalue weighted by Crippen LogP contribution is -2.19. The van der Waals surface area contributed by atoms with Gasteiger partial charge >= 0.3 is 0 Å². The van der Waals surface area contributed by atoms with Gasteiger partial charge < -0.3 is 0 Å². The molecule has 0 radical (unpaired) electrons. The summed E-state index contributed by atoms with van der Waals surface area (Å²) >= 11 is 4.89. The van der Waals surface area contributed by atoms with Crippen molar-refractivity contribution < 1.29 is 9.18 Å². The number of halogens is 2. The highest BCUT2D eigenvalue weighted by Crippen LogP contribution is 2.38. The van der Waals surface area contributed by atoms with Gasteiger partial charge in [-0.25, -0.2) is 4.39 Å². The molecule has 3 aromatic rings. The summed E-state index contributed by atoms with van der Waals surface area (Å²) in [5, 5.41) is 0.768. The highest BCUT2D eigenvalue weighted by atomic mass is 79.9. The Hall–Kier alpha value is -1.79. The molecule has 128 valence electrons. The van der Waals surface area contributed by atoms with Gasteiger partial charge in [0.1, 0.15) is 10.6 Å². The fourth-order valence-corrected chi connectivity index (χ4v) is 4.86. The SMILES string of the molecule is Cc1cc(C(=O)c2c(Br)sc3c2ccc(=O)n3CC2CC2)ccc1F. The summed E-state index contributed by atoms with van der Waals surface area (Å²) in [6, 6.07) is 7.62. The van der Waals surface area contributed by atoms with E-state index in [2.05, 4.69) is 15.9 Å². The molecule has 2 heterocycles. The van der Waals surface area contributed by atoms with E-state index in [0.29, 0.717) is 32.9 Å². The summed E-state index contributed by atoms with van der Waals surface area (Å²) in [4.78, 5) is 26.1. The Morgan fingerprint density at radius 1 is 1.32 bits per heavy atom. The Kier molecular flexibility index (Phi) is 4.12. The van der Waals surface area contributed by atoms with Crippen LogP contribution >= 0.6 is 27.3 Å². The number of hydrogen-bond donors (Lipinski definition) is 0. The third-order valence-corrected chi connectivity index (χ3v) is 6.47. The standard InChI is InChI=1S/C19H15BrFNO2S/c1-10-8-12(4-6-14(10)21)17(24)16-13-5-7-15(23)22(9-11-2-3-11)19(13)25-18(16)20/h4-8,11H,2-3,9H2,1H3. The number of carbonyl (C=O) groups excluding carboxylic acids is 1. The van der Waals surface area contributed by atoms with Gasteiger partial charge in [-0.1, -0.05) is 0 Å². The summed E-state index contributed by atoms with van der Waals surface area (Å²) in [5.74, 6) is 0.0602. The van der Waals surface area contributed by atoms with Crippen LogP contribution in [0.15, 0.2) is 38.9 Å². The number of pyridine rings is 1. The van der Waals surface area contributed by atoms with Crippen LogP contribution in [-0.4, -0.2) is 10.4 Å². The quantitative estimate of drug-likeness (QED) is 0.563. The largest absolute Gasteiger partial charge is 0.299 e. The number of hydrogen-bond acceptors (Lipinski definition) is 3. The second-order valence-corrected chi connectivity index (χ2v) is 8.81. The Labute approximate surface area is 156 Å². The third-order valence-electron chi connectivity index (χ3n) is 4.57. The maximum atomic E-state index is 13.5. The first-order chi connectivity index (χ1) is 12.0. The molecule has 2 aromatic heterocycles. The second-order valence-electron chi connectivity index (χ2n) is 6.49. The summed E-state index contributed by atoms with van der Waals surface area (Å²) in [5.41, 5.74) is 1.38. The predicted molar refractivity (Wildman–Crippen MR) is 101 cm³/mol. The number of aryl methyl sites for hydroxylation is 1. The van der Waals surface area contributed by atoms with Crippen molar-refractivity contribution in [1.29, 1.82) is 0 Å². The van der Waals surface area contributed by atoms with Crippen LogP contribution in [0.2, 0.25) is 0 Å². The monoisotopic (exact) mass is 419 g/mol. The lowest BCUT2D eigenvalue weighted by molar-refractivity contribution is 0.104. The molecule has 0 atom stereocenters. The number of rotatable bonds is 4. The molecule has 0 saturated heterocycles. The topological polar surface area (TPSA) is 39.1 Å². The molecule has 0 bridgehead atoms. The van der Waals surface area contributed by atoms with E-state index in [-0.39, 0.29) is 17.2 Å². The molecule has 4 rings (SSSR count). The van der Waals surface area contributed by atoms with E-state index in [9.17, 15) is 14.0 Å². The molecule has 1 aliphatic rings. The molecule has 1 aliphatic carbocycles. The lowest BCUT2D eigenvalue weighted by atomic mass is 10.0. The Bertz CT molecular complexity index is 1070. The number of fused-ring (bicyclic) bond motifs is 1. The van der Waals surface area contributed by atoms with Crippen molar-refractivity contribution in [3.63, 3.8) is 0 Å². The molecule has 0 spiro atoms. The van der Waals surface area contributed by atoms with Crippen LogP contribution in [0, 0.1) is 18.7 Å². The molecule has 6 heteroatoms. The van der Waals surface area contributed by atoms with E-state index in [1.165, 1.54) is 29.5 Å². The van der Waals surface area contributed by atoms with E-state index >= 15 is 0 Å². The highest BCUT2D eigenvalue weighted by molar-refractivity contribution is 9.11. The van der Waals surface area contributed by atoms with Gasteiger partial charge in [0.05, 0.1) is 9.35 Å². The number of ketones is 1. The normalized spacial score (nSPS) is 14.2. The first-order valence-electron chi connectivity index (χ1n) is 8.08. The van der Waals surface area contributed by atoms with Crippen molar-refractivity contribution in [3.05, 3.63) is 67.0 Å². The Morgan fingerprint density at radius 2 is 2.08 bits per heavy atom. The smallest absolute Gasteiger partial charge is 0.251 e. The number of nitrogens with zero attached hydrogens (tertiary/aromatic N) is 1. The molecule has 1 aromatic carbocycles. The van der Waals surface area contributed by atoms with E-state index in [1.54, 1.807) is 23.6 Å². The van der Waals surface area contributed by atoms with Gasteiger partial charge in [-0.05, 0) is 71.4 Å². The minimum Gasteiger partial charge on any atom is -0.299 e.